The van der Waals surface area contributed by atoms with Gasteiger partial charge in [0, 0.05) is 6.07 Å². The standard InChI is InChI=1S/C13H10N4O7/c1-24-9-4-2-7(6-8(9)16(20)21)3-5-10-14-12(18)11(17(22)23)13(19)15-10/h2-6H,1H3,(H2,14,15,18,19)/b5-3+. The summed E-state index contributed by atoms with van der Waals surface area (Å²) in [5.74, 6) is -1.10. The van der Waals surface area contributed by atoms with Crippen LogP contribution in [-0.2, 0) is 0 Å². The molecular weight excluding hydrogens is 324 g/mol. The van der Waals surface area contributed by atoms with Crippen LogP contribution in [0.25, 0.3) is 12.2 Å². The molecule has 1 aromatic heterocycles. The molecule has 0 bridgehead atoms. The number of benzene rings is 1. The van der Waals surface area contributed by atoms with E-state index >= 15 is 0 Å². The van der Waals surface area contributed by atoms with Crippen LogP contribution >= 0.6 is 0 Å². The minimum absolute atomic E-state index is 0.0802. The zero-order valence-electron chi connectivity index (χ0n) is 12.1. The first-order valence-corrected chi connectivity index (χ1v) is 6.31. The van der Waals surface area contributed by atoms with Crippen molar-refractivity contribution in [1.82, 2.24) is 9.97 Å². The Hall–Kier alpha value is -3.76. The van der Waals surface area contributed by atoms with Gasteiger partial charge in [0.2, 0.25) is 0 Å². The first-order valence-electron chi connectivity index (χ1n) is 6.31. The normalized spacial score (nSPS) is 10.7. The number of aromatic hydroxyl groups is 1. The van der Waals surface area contributed by atoms with E-state index in [9.17, 15) is 30.1 Å². The summed E-state index contributed by atoms with van der Waals surface area (Å²) < 4.78 is 4.87. The van der Waals surface area contributed by atoms with E-state index in [4.69, 9.17) is 4.74 Å². The van der Waals surface area contributed by atoms with Crippen molar-refractivity contribution in [1.29, 1.82) is 0 Å². The van der Waals surface area contributed by atoms with Crippen LogP contribution in [0.2, 0.25) is 0 Å². The van der Waals surface area contributed by atoms with Gasteiger partial charge in [-0.15, -0.1) is 0 Å². The van der Waals surface area contributed by atoms with Gasteiger partial charge in [-0.25, -0.2) is 0 Å². The first kappa shape index (κ1) is 16.6. The molecule has 11 heteroatoms. The largest absolute Gasteiger partial charge is 0.490 e. The molecular formula is C13H10N4O7. The zero-order valence-corrected chi connectivity index (χ0v) is 12.1. The fraction of sp³-hybridized carbons (Fsp3) is 0.0769. The van der Waals surface area contributed by atoms with Crippen LogP contribution in [0, 0.1) is 20.2 Å². The van der Waals surface area contributed by atoms with E-state index in [1.54, 1.807) is 0 Å². The molecule has 0 saturated heterocycles. The van der Waals surface area contributed by atoms with Gasteiger partial charge >= 0.3 is 16.9 Å². The second-order valence-corrected chi connectivity index (χ2v) is 4.40. The van der Waals surface area contributed by atoms with Crippen LogP contribution in [0.4, 0.5) is 11.4 Å². The number of H-pyrrole nitrogens is 1. The summed E-state index contributed by atoms with van der Waals surface area (Å²) in [5.41, 5.74) is -2.05. The molecule has 124 valence electrons. The number of ether oxygens (including phenoxy) is 1. The number of aromatic nitrogens is 2. The van der Waals surface area contributed by atoms with Gasteiger partial charge in [-0.3, -0.25) is 25.0 Å². The summed E-state index contributed by atoms with van der Waals surface area (Å²) in [6.07, 6.45) is 2.60. The molecule has 0 spiro atoms. The van der Waals surface area contributed by atoms with Crippen LogP contribution in [0.5, 0.6) is 11.6 Å². The van der Waals surface area contributed by atoms with Crippen molar-refractivity contribution in [3.05, 3.63) is 60.2 Å². The van der Waals surface area contributed by atoms with Crippen molar-refractivity contribution in [3.8, 4) is 11.6 Å². The molecule has 24 heavy (non-hydrogen) atoms. The third-order valence-electron chi connectivity index (χ3n) is 2.91. The van der Waals surface area contributed by atoms with Crippen LogP contribution < -0.4 is 10.3 Å². The Morgan fingerprint density at radius 2 is 1.96 bits per heavy atom. The Balaban J connectivity index is 2.38. The molecule has 0 saturated carbocycles. The van der Waals surface area contributed by atoms with Crippen molar-refractivity contribution in [2.45, 2.75) is 0 Å². The Labute approximate surface area is 133 Å². The van der Waals surface area contributed by atoms with E-state index in [0.717, 1.165) is 0 Å². The summed E-state index contributed by atoms with van der Waals surface area (Å²) in [6, 6.07) is 4.14. The van der Waals surface area contributed by atoms with Crippen molar-refractivity contribution in [3.63, 3.8) is 0 Å². The minimum atomic E-state index is -1.12. The van der Waals surface area contributed by atoms with Crippen LogP contribution in [-0.4, -0.2) is 32.0 Å². The second kappa shape index (κ2) is 6.56. The molecule has 2 aromatic rings. The molecule has 1 aromatic carbocycles. The van der Waals surface area contributed by atoms with Gasteiger partial charge in [-0.05, 0) is 17.7 Å². The van der Waals surface area contributed by atoms with Gasteiger partial charge in [0.1, 0.15) is 5.82 Å². The number of nitrogens with one attached hydrogen (secondary N) is 1. The lowest BCUT2D eigenvalue weighted by Crippen LogP contribution is -2.14. The summed E-state index contributed by atoms with van der Waals surface area (Å²) in [6.45, 7) is 0. The number of hydrogen-bond acceptors (Lipinski definition) is 8. The number of methoxy groups -OCH3 is 1. The van der Waals surface area contributed by atoms with E-state index in [-0.39, 0.29) is 17.3 Å². The predicted molar refractivity (Wildman–Crippen MR) is 81.8 cm³/mol. The third kappa shape index (κ3) is 3.35. The average molecular weight is 334 g/mol. The molecule has 0 aliphatic carbocycles. The summed E-state index contributed by atoms with van der Waals surface area (Å²) in [4.78, 5) is 37.0. The molecule has 1 heterocycles. The van der Waals surface area contributed by atoms with Gasteiger partial charge in [-0.1, -0.05) is 12.1 Å². The highest BCUT2D eigenvalue weighted by atomic mass is 16.6. The lowest BCUT2D eigenvalue weighted by Gasteiger charge is -2.02. The first-order chi connectivity index (χ1) is 11.3. The number of nitro benzene ring substituents is 1. The molecule has 0 aliphatic rings. The highest BCUT2D eigenvalue weighted by Crippen LogP contribution is 2.28. The van der Waals surface area contributed by atoms with E-state index in [1.807, 2.05) is 0 Å². The summed E-state index contributed by atoms with van der Waals surface area (Å²) >= 11 is 0. The lowest BCUT2D eigenvalue weighted by molar-refractivity contribution is -0.387. The molecule has 0 radical (unpaired) electrons. The molecule has 0 atom stereocenters. The van der Waals surface area contributed by atoms with E-state index in [0.29, 0.717) is 5.56 Å². The Morgan fingerprint density at radius 1 is 1.25 bits per heavy atom. The number of rotatable bonds is 5. The highest BCUT2D eigenvalue weighted by Gasteiger charge is 2.21. The van der Waals surface area contributed by atoms with Gasteiger partial charge in [-0.2, -0.15) is 4.98 Å². The zero-order chi connectivity index (χ0) is 17.9. The SMILES string of the molecule is COc1ccc(/C=C/c2nc(O)c([N+](=O)[O-])c(=O)[nH]2)cc1[N+](=O)[O-]. The highest BCUT2D eigenvalue weighted by molar-refractivity contribution is 5.69. The summed E-state index contributed by atoms with van der Waals surface area (Å²) in [7, 11) is 1.30. The molecule has 0 fully saturated rings. The summed E-state index contributed by atoms with van der Waals surface area (Å²) in [5, 5.41) is 30.9. The van der Waals surface area contributed by atoms with Gasteiger partial charge < -0.3 is 14.8 Å². The number of nitrogens with zero attached hydrogens (tertiary/aromatic N) is 3. The van der Waals surface area contributed by atoms with E-state index in [2.05, 4.69) is 9.97 Å². The van der Waals surface area contributed by atoms with Gasteiger partial charge in [0.25, 0.3) is 5.88 Å². The maximum absolute atomic E-state index is 11.5. The van der Waals surface area contributed by atoms with Crippen molar-refractivity contribution >= 4 is 23.5 Å². The quantitative estimate of drug-likeness (QED) is 0.613. The van der Waals surface area contributed by atoms with Gasteiger partial charge in [0.05, 0.1) is 17.0 Å². The number of nitro groups is 2. The molecule has 2 N–H and O–H groups in total. The lowest BCUT2D eigenvalue weighted by atomic mass is 10.1. The van der Waals surface area contributed by atoms with Crippen molar-refractivity contribution in [2.75, 3.05) is 7.11 Å². The van der Waals surface area contributed by atoms with Crippen LogP contribution in [0.1, 0.15) is 11.4 Å². The van der Waals surface area contributed by atoms with E-state index in [1.165, 1.54) is 37.5 Å². The Kier molecular flexibility index (Phi) is 4.54. The maximum atomic E-state index is 11.5. The fourth-order valence-corrected chi connectivity index (χ4v) is 1.84. The van der Waals surface area contributed by atoms with Crippen molar-refractivity contribution < 1.29 is 19.7 Å². The van der Waals surface area contributed by atoms with Crippen LogP contribution in [0.15, 0.2) is 23.0 Å². The fourth-order valence-electron chi connectivity index (χ4n) is 1.84. The minimum Gasteiger partial charge on any atom is -0.490 e. The maximum Gasteiger partial charge on any atom is 0.395 e. The van der Waals surface area contributed by atoms with Crippen LogP contribution in [0.3, 0.4) is 0 Å². The number of aromatic amines is 1. The Bertz CT molecular complexity index is 904. The van der Waals surface area contributed by atoms with Gasteiger partial charge in [0.15, 0.2) is 5.75 Å². The monoisotopic (exact) mass is 334 g/mol. The Morgan fingerprint density at radius 3 is 2.50 bits per heavy atom. The third-order valence-corrected chi connectivity index (χ3v) is 2.91. The average Bonchev–Trinajstić information content (AvgIpc) is 2.51. The second-order valence-electron chi connectivity index (χ2n) is 4.40. The van der Waals surface area contributed by atoms with E-state index < -0.39 is 27.0 Å². The smallest absolute Gasteiger partial charge is 0.395 e. The number of hydrogen-bond donors (Lipinski definition) is 2. The van der Waals surface area contributed by atoms with Crippen molar-refractivity contribution in [2.24, 2.45) is 0 Å². The molecule has 2 rings (SSSR count). The topological polar surface area (TPSA) is 161 Å². The molecule has 0 amide bonds. The molecule has 11 nitrogen and oxygen atoms in total. The molecule has 0 unspecified atom stereocenters. The molecule has 0 aliphatic heterocycles. The predicted octanol–water partition coefficient (Wildman–Crippen LogP) is 1.47.